The summed E-state index contributed by atoms with van der Waals surface area (Å²) in [6.45, 7) is 1.71. The smallest absolute Gasteiger partial charge is 0.275 e. The lowest BCUT2D eigenvalue weighted by Gasteiger charge is -2.26. The first-order valence-corrected chi connectivity index (χ1v) is 11.3. The van der Waals surface area contributed by atoms with E-state index in [2.05, 4.69) is 20.3 Å². The highest BCUT2D eigenvalue weighted by atomic mass is 32.2. The van der Waals surface area contributed by atoms with Gasteiger partial charge in [-0.2, -0.15) is 0 Å². The van der Waals surface area contributed by atoms with Crippen LogP contribution < -0.4 is 15.4 Å². The summed E-state index contributed by atoms with van der Waals surface area (Å²) in [7, 11) is -2.17. The monoisotopic (exact) mass is 450 g/mol. The number of hydrogen-bond donors (Lipinski definition) is 2. The number of nitrogens with zero attached hydrogens (tertiary/aromatic N) is 4. The zero-order chi connectivity index (χ0) is 22.1. The normalized spacial score (nSPS) is 18.6. The highest BCUT2D eigenvalue weighted by Gasteiger charge is 2.29. The molecule has 1 aromatic heterocycles. The fraction of sp³-hybridized carbons (Fsp3) is 0.222. The number of sulfonamides is 1. The second kappa shape index (κ2) is 8.03. The van der Waals surface area contributed by atoms with Crippen LogP contribution in [-0.4, -0.2) is 42.8 Å². The van der Waals surface area contributed by atoms with Crippen molar-refractivity contribution in [2.75, 3.05) is 22.9 Å². The molecule has 1 amide bonds. The topological polar surface area (TPSA) is 131 Å². The minimum atomic E-state index is -3.50. The molecule has 158 valence electrons. The largest absolute Gasteiger partial charge is 0.378 e. The highest BCUT2D eigenvalue weighted by Crippen LogP contribution is 2.35. The molecule has 30 heavy (non-hydrogen) atoms. The molecule has 1 aromatic carbocycles. The van der Waals surface area contributed by atoms with Crippen LogP contribution in [0.25, 0.3) is 0 Å². The van der Waals surface area contributed by atoms with Gasteiger partial charge in [-0.15, -0.1) is 0 Å². The van der Waals surface area contributed by atoms with Crippen LogP contribution >= 0.6 is 11.8 Å². The van der Waals surface area contributed by atoms with E-state index in [0.29, 0.717) is 10.9 Å². The van der Waals surface area contributed by atoms with E-state index in [1.807, 2.05) is 0 Å². The molecule has 0 radical (unpaired) electrons. The Bertz CT molecular complexity index is 1150. The standard InChI is InChI=1S/C18H19FN6O3S2/c1-18(6-7-29-17(20)24-18)12-8-11(4-5-13(12)19)23-16(26)14-9-22-15(10-21-14)25(2)30(3,27)28/h4-10H,1-3H3,(H2,20,24)(H,23,26)/t18-/m0/s1. The number of aromatic nitrogens is 2. The zero-order valence-electron chi connectivity index (χ0n) is 16.3. The average molecular weight is 451 g/mol. The number of amides is 1. The summed E-state index contributed by atoms with van der Waals surface area (Å²) in [6.07, 6.45) is 5.08. The Labute approximate surface area is 177 Å². The number of anilines is 2. The van der Waals surface area contributed by atoms with E-state index in [1.165, 1.54) is 43.2 Å². The predicted octanol–water partition coefficient (Wildman–Crippen LogP) is 2.05. The van der Waals surface area contributed by atoms with Gasteiger partial charge in [0, 0.05) is 18.3 Å². The van der Waals surface area contributed by atoms with Crippen molar-refractivity contribution < 1.29 is 17.6 Å². The number of halogens is 1. The fourth-order valence-corrected chi connectivity index (χ4v) is 3.78. The molecule has 0 spiro atoms. The highest BCUT2D eigenvalue weighted by molar-refractivity contribution is 8.16. The number of carbonyl (C=O) groups is 1. The molecule has 0 aliphatic carbocycles. The first-order valence-electron chi connectivity index (χ1n) is 8.56. The average Bonchev–Trinajstić information content (AvgIpc) is 2.68. The van der Waals surface area contributed by atoms with E-state index in [-0.39, 0.29) is 17.1 Å². The van der Waals surface area contributed by atoms with Crippen molar-refractivity contribution in [3.8, 4) is 0 Å². The molecule has 12 heteroatoms. The molecule has 0 unspecified atom stereocenters. The summed E-state index contributed by atoms with van der Waals surface area (Å²) in [6, 6.07) is 4.12. The van der Waals surface area contributed by atoms with E-state index >= 15 is 0 Å². The number of thioether (sulfide) groups is 1. The van der Waals surface area contributed by atoms with Crippen molar-refractivity contribution in [3.05, 3.63) is 59.2 Å². The molecular formula is C18H19FN6O3S2. The minimum absolute atomic E-state index is 0.0334. The fourth-order valence-electron chi connectivity index (χ4n) is 2.64. The minimum Gasteiger partial charge on any atom is -0.378 e. The maximum absolute atomic E-state index is 14.5. The summed E-state index contributed by atoms with van der Waals surface area (Å²) in [5.41, 5.74) is 5.31. The molecule has 2 heterocycles. The lowest BCUT2D eigenvalue weighted by molar-refractivity contribution is 0.102. The van der Waals surface area contributed by atoms with Gasteiger partial charge in [0.05, 0.1) is 18.6 Å². The zero-order valence-corrected chi connectivity index (χ0v) is 18.0. The third-order valence-electron chi connectivity index (χ3n) is 4.38. The van der Waals surface area contributed by atoms with Crippen LogP contribution in [0.3, 0.4) is 0 Å². The number of benzene rings is 1. The van der Waals surface area contributed by atoms with E-state index in [4.69, 9.17) is 5.73 Å². The van der Waals surface area contributed by atoms with Crippen LogP contribution in [0.2, 0.25) is 0 Å². The van der Waals surface area contributed by atoms with Crippen LogP contribution in [0.15, 0.2) is 47.1 Å². The summed E-state index contributed by atoms with van der Waals surface area (Å²) in [5, 5.41) is 4.67. The Morgan fingerprint density at radius 3 is 2.63 bits per heavy atom. The van der Waals surface area contributed by atoms with Crippen LogP contribution in [0.1, 0.15) is 23.0 Å². The van der Waals surface area contributed by atoms with Gasteiger partial charge in [0.15, 0.2) is 11.0 Å². The molecule has 2 aromatic rings. The summed E-state index contributed by atoms with van der Waals surface area (Å²) >= 11 is 1.24. The van der Waals surface area contributed by atoms with Crippen molar-refractivity contribution in [3.63, 3.8) is 0 Å². The van der Waals surface area contributed by atoms with Gasteiger partial charge in [0.2, 0.25) is 10.0 Å². The third kappa shape index (κ3) is 4.60. The molecule has 0 fully saturated rings. The van der Waals surface area contributed by atoms with Gasteiger partial charge < -0.3 is 11.1 Å². The van der Waals surface area contributed by atoms with Gasteiger partial charge in [-0.25, -0.2) is 27.8 Å². The quantitative estimate of drug-likeness (QED) is 0.713. The second-order valence-electron chi connectivity index (χ2n) is 6.66. The first-order chi connectivity index (χ1) is 14.0. The molecule has 0 saturated carbocycles. The van der Waals surface area contributed by atoms with Crippen LogP contribution in [0.4, 0.5) is 15.9 Å². The Kier molecular flexibility index (Phi) is 5.81. The van der Waals surface area contributed by atoms with Gasteiger partial charge in [-0.1, -0.05) is 11.8 Å². The molecule has 9 nitrogen and oxygen atoms in total. The number of nitrogens with two attached hydrogens (primary N) is 1. The molecule has 3 N–H and O–H groups in total. The van der Waals surface area contributed by atoms with Crippen molar-refractivity contribution >= 4 is 44.4 Å². The maximum Gasteiger partial charge on any atom is 0.275 e. The Morgan fingerprint density at radius 2 is 2.03 bits per heavy atom. The first kappa shape index (κ1) is 21.7. The van der Waals surface area contributed by atoms with Gasteiger partial charge in [-0.05, 0) is 36.6 Å². The van der Waals surface area contributed by atoms with Gasteiger partial charge >= 0.3 is 0 Å². The summed E-state index contributed by atoms with van der Waals surface area (Å²) < 4.78 is 38.5. The number of carbonyl (C=O) groups excluding carboxylic acids is 1. The summed E-state index contributed by atoms with van der Waals surface area (Å²) in [4.78, 5) is 24.7. The van der Waals surface area contributed by atoms with Crippen LogP contribution in [-0.2, 0) is 15.6 Å². The van der Waals surface area contributed by atoms with E-state index in [9.17, 15) is 17.6 Å². The Balaban J connectivity index is 1.83. The van der Waals surface area contributed by atoms with E-state index in [1.54, 1.807) is 18.4 Å². The number of rotatable bonds is 5. The molecule has 1 atom stereocenters. The Morgan fingerprint density at radius 1 is 1.30 bits per heavy atom. The molecule has 0 bridgehead atoms. The van der Waals surface area contributed by atoms with Crippen molar-refractivity contribution in [1.29, 1.82) is 0 Å². The molecule has 1 aliphatic heterocycles. The van der Waals surface area contributed by atoms with Crippen molar-refractivity contribution in [2.24, 2.45) is 10.7 Å². The van der Waals surface area contributed by atoms with Gasteiger partial charge in [0.1, 0.15) is 17.1 Å². The van der Waals surface area contributed by atoms with Crippen LogP contribution in [0.5, 0.6) is 0 Å². The summed E-state index contributed by atoms with van der Waals surface area (Å²) in [5.74, 6) is -1.00. The van der Waals surface area contributed by atoms with Gasteiger partial charge in [0.25, 0.3) is 5.91 Å². The Hall–Kier alpha value is -2.99. The number of hydrogen-bond acceptors (Lipinski definition) is 8. The van der Waals surface area contributed by atoms with Crippen LogP contribution in [0, 0.1) is 5.82 Å². The maximum atomic E-state index is 14.5. The van der Waals surface area contributed by atoms with E-state index < -0.39 is 27.3 Å². The molecular weight excluding hydrogens is 431 g/mol. The van der Waals surface area contributed by atoms with Gasteiger partial charge in [-0.3, -0.25) is 9.10 Å². The molecule has 3 rings (SSSR count). The predicted molar refractivity (Wildman–Crippen MR) is 115 cm³/mol. The molecule has 0 saturated heterocycles. The molecule has 1 aliphatic rings. The van der Waals surface area contributed by atoms with E-state index in [0.717, 1.165) is 16.8 Å². The number of amidine groups is 1. The number of nitrogens with one attached hydrogen (secondary N) is 1. The van der Waals surface area contributed by atoms with Crippen molar-refractivity contribution in [1.82, 2.24) is 9.97 Å². The SMILES string of the molecule is CN(c1cnc(C(=O)Nc2ccc(F)c([C@]3(C)C=CSC(N)=N3)c2)cn1)S(C)(=O)=O. The van der Waals surface area contributed by atoms with Crippen molar-refractivity contribution in [2.45, 2.75) is 12.5 Å². The lowest BCUT2D eigenvalue weighted by Crippen LogP contribution is -2.26. The third-order valence-corrected chi connectivity index (χ3v) is 6.17. The second-order valence-corrected chi connectivity index (χ2v) is 9.60. The number of aliphatic imine (C=N–C) groups is 1. The lowest BCUT2D eigenvalue weighted by atomic mass is 9.92.